The second-order valence-corrected chi connectivity index (χ2v) is 7.07. The molecule has 3 aromatic rings. The summed E-state index contributed by atoms with van der Waals surface area (Å²) in [5.74, 6) is -1.04. The van der Waals surface area contributed by atoms with Crippen molar-refractivity contribution in [3.05, 3.63) is 71.8 Å². The van der Waals surface area contributed by atoms with Gasteiger partial charge in [0, 0.05) is 12.1 Å². The fourth-order valence-corrected chi connectivity index (χ4v) is 4.02. The van der Waals surface area contributed by atoms with Crippen molar-refractivity contribution in [1.82, 2.24) is 4.90 Å². The highest BCUT2D eigenvalue weighted by atomic mass is 16.4. The van der Waals surface area contributed by atoms with Gasteiger partial charge in [-0.05, 0) is 52.9 Å². The average Bonchev–Trinajstić information content (AvgIpc) is 3.21. The third-order valence-corrected chi connectivity index (χ3v) is 5.42. The van der Waals surface area contributed by atoms with Gasteiger partial charge in [0.2, 0.25) is 0 Å². The summed E-state index contributed by atoms with van der Waals surface area (Å²) in [6.45, 7) is 0.629. The summed E-state index contributed by atoms with van der Waals surface area (Å²) >= 11 is 0. The Morgan fingerprint density at radius 1 is 1.00 bits per heavy atom. The number of hydrogen-bond donors (Lipinski definition) is 2. The zero-order valence-corrected chi connectivity index (χ0v) is 15.3. The fraction of sp³-hybridized carbons (Fsp3) is 0.217. The summed E-state index contributed by atoms with van der Waals surface area (Å²) < 4.78 is 0. The molecule has 0 aliphatic carbocycles. The molecule has 2 N–H and O–H groups in total. The molecule has 0 unspecified atom stereocenters. The highest BCUT2D eigenvalue weighted by molar-refractivity contribution is 6.10. The molecule has 5 heteroatoms. The fourth-order valence-electron chi connectivity index (χ4n) is 4.02. The van der Waals surface area contributed by atoms with Crippen molar-refractivity contribution in [2.45, 2.75) is 18.9 Å². The summed E-state index contributed by atoms with van der Waals surface area (Å²) in [6.07, 6.45) is 1.72. The van der Waals surface area contributed by atoms with Crippen LogP contribution in [0.5, 0.6) is 0 Å². The molecule has 0 radical (unpaired) electrons. The van der Waals surface area contributed by atoms with E-state index < -0.39 is 5.97 Å². The summed E-state index contributed by atoms with van der Waals surface area (Å²) in [5, 5.41) is 20.6. The van der Waals surface area contributed by atoms with Gasteiger partial charge < -0.3 is 15.1 Å². The molecule has 28 heavy (non-hydrogen) atoms. The van der Waals surface area contributed by atoms with Crippen LogP contribution in [-0.4, -0.2) is 46.2 Å². The molecule has 4 rings (SSSR count). The van der Waals surface area contributed by atoms with Gasteiger partial charge in [0.15, 0.2) is 0 Å². The standard InChI is InChI=1S/C23H21NO4/c25-14-17-7-4-12-24(17)22(26)21-11-3-9-19-18(8-2-10-20(19)21)15-5-1-6-16(13-15)23(27)28/h1-3,5-6,8-11,13,17,25H,4,7,12,14H2,(H,27,28)/t17-/m0/s1. The molecule has 0 spiro atoms. The molecular weight excluding hydrogens is 354 g/mol. The van der Waals surface area contributed by atoms with Crippen LogP contribution in [0.2, 0.25) is 0 Å². The number of aliphatic hydroxyl groups excluding tert-OH is 1. The van der Waals surface area contributed by atoms with Crippen LogP contribution < -0.4 is 0 Å². The molecule has 0 saturated carbocycles. The lowest BCUT2D eigenvalue weighted by Crippen LogP contribution is -2.37. The zero-order chi connectivity index (χ0) is 19.7. The number of hydrogen-bond acceptors (Lipinski definition) is 3. The maximum atomic E-state index is 13.2. The Labute approximate surface area is 162 Å². The number of aromatic carboxylic acids is 1. The third-order valence-electron chi connectivity index (χ3n) is 5.42. The summed E-state index contributed by atoms with van der Waals surface area (Å²) in [6, 6.07) is 18.0. The van der Waals surface area contributed by atoms with Crippen LogP contribution in [0.25, 0.3) is 21.9 Å². The van der Waals surface area contributed by atoms with E-state index in [1.165, 1.54) is 0 Å². The first-order valence-corrected chi connectivity index (χ1v) is 9.37. The minimum absolute atomic E-state index is 0.0241. The molecule has 1 heterocycles. The van der Waals surface area contributed by atoms with Crippen LogP contribution in [0, 0.1) is 0 Å². The van der Waals surface area contributed by atoms with Gasteiger partial charge in [0.05, 0.1) is 18.2 Å². The van der Waals surface area contributed by atoms with Crippen LogP contribution in [0.3, 0.4) is 0 Å². The lowest BCUT2D eigenvalue weighted by Gasteiger charge is -2.24. The topological polar surface area (TPSA) is 77.8 Å². The van der Waals surface area contributed by atoms with Gasteiger partial charge in [0.1, 0.15) is 0 Å². The quantitative estimate of drug-likeness (QED) is 0.727. The second-order valence-electron chi connectivity index (χ2n) is 7.07. The van der Waals surface area contributed by atoms with E-state index >= 15 is 0 Å². The van der Waals surface area contributed by atoms with Crippen molar-refractivity contribution < 1.29 is 19.8 Å². The van der Waals surface area contributed by atoms with Crippen molar-refractivity contribution in [3.63, 3.8) is 0 Å². The van der Waals surface area contributed by atoms with Crippen molar-refractivity contribution >= 4 is 22.6 Å². The first-order chi connectivity index (χ1) is 13.6. The van der Waals surface area contributed by atoms with Crippen LogP contribution >= 0.6 is 0 Å². The largest absolute Gasteiger partial charge is 0.478 e. The Morgan fingerprint density at radius 2 is 1.75 bits per heavy atom. The molecule has 1 saturated heterocycles. The number of carboxylic acid groups (broad SMARTS) is 1. The molecule has 142 valence electrons. The lowest BCUT2D eigenvalue weighted by atomic mass is 9.94. The van der Waals surface area contributed by atoms with Crippen molar-refractivity contribution in [3.8, 4) is 11.1 Å². The van der Waals surface area contributed by atoms with Gasteiger partial charge in [-0.1, -0.05) is 42.5 Å². The second kappa shape index (κ2) is 7.44. The van der Waals surface area contributed by atoms with Gasteiger partial charge in [0.25, 0.3) is 5.91 Å². The number of aliphatic hydroxyl groups is 1. The van der Waals surface area contributed by atoms with Gasteiger partial charge in [-0.15, -0.1) is 0 Å². The zero-order valence-electron chi connectivity index (χ0n) is 15.3. The van der Waals surface area contributed by atoms with Crippen LogP contribution in [0.1, 0.15) is 33.6 Å². The molecular formula is C23H21NO4. The summed E-state index contributed by atoms with van der Waals surface area (Å²) in [7, 11) is 0. The van der Waals surface area contributed by atoms with Gasteiger partial charge in [-0.2, -0.15) is 0 Å². The Kier molecular flexibility index (Phi) is 4.84. The van der Waals surface area contributed by atoms with Crippen molar-refractivity contribution in [1.29, 1.82) is 0 Å². The van der Waals surface area contributed by atoms with E-state index in [9.17, 15) is 19.8 Å². The predicted molar refractivity (Wildman–Crippen MR) is 107 cm³/mol. The normalized spacial score (nSPS) is 16.5. The van der Waals surface area contributed by atoms with Gasteiger partial charge in [-0.3, -0.25) is 4.79 Å². The van der Waals surface area contributed by atoms with Crippen molar-refractivity contribution in [2.75, 3.05) is 13.2 Å². The maximum Gasteiger partial charge on any atom is 0.335 e. The van der Waals surface area contributed by atoms with Crippen LogP contribution in [0.4, 0.5) is 0 Å². The minimum Gasteiger partial charge on any atom is -0.478 e. The maximum absolute atomic E-state index is 13.2. The van der Waals surface area contributed by atoms with E-state index in [2.05, 4.69) is 0 Å². The summed E-state index contributed by atoms with van der Waals surface area (Å²) in [5.41, 5.74) is 2.51. The molecule has 1 amide bonds. The molecule has 5 nitrogen and oxygen atoms in total. The smallest absolute Gasteiger partial charge is 0.335 e. The Bertz CT molecular complexity index is 1060. The molecule has 3 aromatic carbocycles. The first-order valence-electron chi connectivity index (χ1n) is 9.37. The third kappa shape index (κ3) is 3.14. The molecule has 1 fully saturated rings. The number of carbonyl (C=O) groups is 2. The van der Waals surface area contributed by atoms with Crippen LogP contribution in [-0.2, 0) is 0 Å². The van der Waals surface area contributed by atoms with Crippen LogP contribution in [0.15, 0.2) is 60.7 Å². The monoisotopic (exact) mass is 375 g/mol. The molecule has 0 bridgehead atoms. The number of benzene rings is 3. The molecule has 1 aliphatic heterocycles. The van der Waals surface area contributed by atoms with Gasteiger partial charge >= 0.3 is 5.97 Å². The number of carboxylic acids is 1. The van der Waals surface area contributed by atoms with E-state index in [1.54, 1.807) is 23.1 Å². The highest BCUT2D eigenvalue weighted by Crippen LogP contribution is 2.32. The van der Waals surface area contributed by atoms with Gasteiger partial charge in [-0.25, -0.2) is 4.79 Å². The predicted octanol–water partition coefficient (Wildman–Crippen LogP) is 3.80. The number of fused-ring (bicyclic) bond motifs is 1. The number of amides is 1. The minimum atomic E-state index is -0.970. The molecule has 0 aromatic heterocycles. The Hall–Kier alpha value is -3.18. The number of carbonyl (C=O) groups excluding carboxylic acids is 1. The van der Waals surface area contributed by atoms with E-state index in [1.807, 2.05) is 42.5 Å². The summed E-state index contributed by atoms with van der Waals surface area (Å²) in [4.78, 5) is 26.2. The average molecular weight is 375 g/mol. The van der Waals surface area contributed by atoms with Crippen molar-refractivity contribution in [2.24, 2.45) is 0 Å². The number of likely N-dealkylation sites (tertiary alicyclic amines) is 1. The first kappa shape index (κ1) is 18.2. The molecule has 1 atom stereocenters. The highest BCUT2D eigenvalue weighted by Gasteiger charge is 2.29. The Balaban J connectivity index is 1.82. The molecule has 1 aliphatic rings. The Morgan fingerprint density at radius 3 is 2.54 bits per heavy atom. The number of nitrogens with zero attached hydrogens (tertiary/aromatic N) is 1. The van der Waals surface area contributed by atoms with E-state index in [-0.39, 0.29) is 24.1 Å². The lowest BCUT2D eigenvalue weighted by molar-refractivity contribution is 0.0676. The number of rotatable bonds is 4. The SMILES string of the molecule is O=C(O)c1cccc(-c2cccc3c(C(=O)N4CCC[C@H]4CO)cccc23)c1. The van der Waals surface area contributed by atoms with E-state index in [0.29, 0.717) is 12.1 Å². The van der Waals surface area contributed by atoms with E-state index in [4.69, 9.17) is 0 Å². The van der Waals surface area contributed by atoms with E-state index in [0.717, 1.165) is 34.7 Å².